The molecule has 4 nitrogen and oxygen atoms in total. The average Bonchev–Trinajstić information content (AvgIpc) is 2.28. The minimum Gasteiger partial charge on any atom is -0.508 e. The lowest BCUT2D eigenvalue weighted by Gasteiger charge is -2.24. The molecule has 2 rings (SSSR count). The van der Waals surface area contributed by atoms with E-state index in [1.807, 2.05) is 6.07 Å². The van der Waals surface area contributed by atoms with Crippen molar-refractivity contribution in [2.45, 2.75) is 18.9 Å². The molecule has 86 valence electrons. The molecule has 0 bridgehead atoms. The highest BCUT2D eigenvalue weighted by atomic mass is 16.5. The summed E-state index contributed by atoms with van der Waals surface area (Å²) in [6, 6.07) is 5.16. The number of phenols is 1. The molecule has 0 fully saturated rings. The van der Waals surface area contributed by atoms with Crippen molar-refractivity contribution < 1.29 is 19.4 Å². The topological polar surface area (TPSA) is 55.8 Å². The molecule has 0 aliphatic carbocycles. The highest BCUT2D eigenvalue weighted by molar-refractivity contribution is 5.70. The van der Waals surface area contributed by atoms with Crippen LogP contribution in [0.5, 0.6) is 5.75 Å². The van der Waals surface area contributed by atoms with E-state index in [2.05, 4.69) is 4.74 Å². The van der Waals surface area contributed by atoms with E-state index in [9.17, 15) is 9.90 Å². The van der Waals surface area contributed by atoms with Crippen molar-refractivity contribution in [1.82, 2.24) is 0 Å². The average molecular weight is 222 g/mol. The van der Waals surface area contributed by atoms with Gasteiger partial charge in [0.15, 0.2) is 0 Å². The van der Waals surface area contributed by atoms with Gasteiger partial charge in [-0.1, -0.05) is 6.07 Å². The first-order chi connectivity index (χ1) is 7.70. The predicted octanol–water partition coefficient (Wildman–Crippen LogP) is 1.57. The first-order valence-corrected chi connectivity index (χ1v) is 5.17. The zero-order chi connectivity index (χ0) is 11.5. The Balaban J connectivity index is 2.23. The predicted molar refractivity (Wildman–Crippen MR) is 57.1 cm³/mol. The van der Waals surface area contributed by atoms with Crippen LogP contribution in [0.4, 0.5) is 0 Å². The van der Waals surface area contributed by atoms with E-state index in [-0.39, 0.29) is 17.6 Å². The monoisotopic (exact) mass is 222 g/mol. The molecule has 1 aliphatic heterocycles. The molecule has 1 N–H and O–H groups in total. The molecule has 0 saturated heterocycles. The van der Waals surface area contributed by atoms with Gasteiger partial charge in [0.05, 0.1) is 26.7 Å². The van der Waals surface area contributed by atoms with Crippen molar-refractivity contribution in [2.75, 3.05) is 13.7 Å². The zero-order valence-electron chi connectivity index (χ0n) is 9.10. The lowest BCUT2D eigenvalue weighted by molar-refractivity contribution is -0.141. The fourth-order valence-electron chi connectivity index (χ4n) is 1.97. The Bertz CT molecular complexity index is 400. The molecule has 1 unspecified atom stereocenters. The summed E-state index contributed by atoms with van der Waals surface area (Å²) in [6.45, 7) is 1.01. The number of carbonyl (C=O) groups excluding carboxylic acids is 1. The van der Waals surface area contributed by atoms with E-state index in [1.54, 1.807) is 12.1 Å². The van der Waals surface area contributed by atoms with Crippen molar-refractivity contribution in [3.8, 4) is 5.75 Å². The summed E-state index contributed by atoms with van der Waals surface area (Å²) in [5.74, 6) is 0.00685. The molecule has 0 radical (unpaired) electrons. The number of fused-ring (bicyclic) bond motifs is 1. The summed E-state index contributed by atoms with van der Waals surface area (Å²) < 4.78 is 10.0. The number of hydrogen-bond acceptors (Lipinski definition) is 4. The third-order valence-corrected chi connectivity index (χ3v) is 2.78. The normalized spacial score (nSPS) is 18.9. The molecule has 1 aromatic rings. The van der Waals surface area contributed by atoms with Crippen LogP contribution in [0.25, 0.3) is 0 Å². The number of ether oxygens (including phenoxy) is 2. The largest absolute Gasteiger partial charge is 0.508 e. The van der Waals surface area contributed by atoms with E-state index < -0.39 is 0 Å². The number of aromatic hydroxyl groups is 1. The van der Waals surface area contributed by atoms with Gasteiger partial charge in [0, 0.05) is 5.92 Å². The van der Waals surface area contributed by atoms with Gasteiger partial charge in [0.2, 0.25) is 0 Å². The molecular formula is C12H14O4. The summed E-state index contributed by atoms with van der Waals surface area (Å²) in [7, 11) is 1.38. The maximum Gasteiger partial charge on any atom is 0.306 e. The van der Waals surface area contributed by atoms with Crippen molar-refractivity contribution in [1.29, 1.82) is 0 Å². The number of esters is 1. The van der Waals surface area contributed by atoms with Gasteiger partial charge in [-0.05, 0) is 23.3 Å². The molecule has 0 amide bonds. The zero-order valence-corrected chi connectivity index (χ0v) is 9.10. The van der Waals surface area contributed by atoms with Crippen molar-refractivity contribution in [3.05, 3.63) is 29.3 Å². The maximum absolute atomic E-state index is 11.2. The van der Waals surface area contributed by atoms with Crippen LogP contribution in [0, 0.1) is 0 Å². The van der Waals surface area contributed by atoms with Gasteiger partial charge in [0.25, 0.3) is 0 Å². The summed E-state index contributed by atoms with van der Waals surface area (Å²) in [4.78, 5) is 11.2. The fraction of sp³-hybridized carbons (Fsp3) is 0.417. The Morgan fingerprint density at radius 1 is 1.62 bits per heavy atom. The van der Waals surface area contributed by atoms with Crippen LogP contribution >= 0.6 is 0 Å². The number of benzene rings is 1. The van der Waals surface area contributed by atoms with E-state index in [0.29, 0.717) is 19.6 Å². The summed E-state index contributed by atoms with van der Waals surface area (Å²) in [5.41, 5.74) is 2.01. The standard InChI is InChI=1S/C12H14O4/c1-15-12(14)5-9-7-16-6-8-4-10(13)2-3-11(8)9/h2-4,9,13H,5-7H2,1H3. The molecule has 1 aromatic carbocycles. The van der Waals surface area contributed by atoms with Gasteiger partial charge in [-0.15, -0.1) is 0 Å². The highest BCUT2D eigenvalue weighted by Crippen LogP contribution is 2.31. The Morgan fingerprint density at radius 2 is 2.44 bits per heavy atom. The van der Waals surface area contributed by atoms with E-state index in [0.717, 1.165) is 11.1 Å². The molecule has 1 heterocycles. The van der Waals surface area contributed by atoms with Crippen molar-refractivity contribution in [2.24, 2.45) is 0 Å². The minimum absolute atomic E-state index is 0.0248. The fourth-order valence-corrected chi connectivity index (χ4v) is 1.97. The van der Waals surface area contributed by atoms with E-state index in [1.165, 1.54) is 7.11 Å². The van der Waals surface area contributed by atoms with Crippen LogP contribution in [0.3, 0.4) is 0 Å². The SMILES string of the molecule is COC(=O)CC1COCc2cc(O)ccc21. The van der Waals surface area contributed by atoms with Gasteiger partial charge < -0.3 is 14.6 Å². The minimum atomic E-state index is -0.241. The second-order valence-electron chi connectivity index (χ2n) is 3.88. The molecule has 16 heavy (non-hydrogen) atoms. The van der Waals surface area contributed by atoms with Gasteiger partial charge >= 0.3 is 5.97 Å². The number of rotatable bonds is 2. The quantitative estimate of drug-likeness (QED) is 0.772. The lowest BCUT2D eigenvalue weighted by atomic mass is 9.90. The van der Waals surface area contributed by atoms with Crippen LogP contribution in [0.1, 0.15) is 23.5 Å². The summed E-state index contributed by atoms with van der Waals surface area (Å²) >= 11 is 0. The van der Waals surface area contributed by atoms with Crippen LogP contribution in [0.15, 0.2) is 18.2 Å². The number of methoxy groups -OCH3 is 1. The van der Waals surface area contributed by atoms with Gasteiger partial charge in [-0.2, -0.15) is 0 Å². The van der Waals surface area contributed by atoms with Crippen LogP contribution < -0.4 is 0 Å². The van der Waals surface area contributed by atoms with Crippen LogP contribution in [-0.2, 0) is 20.9 Å². The molecule has 0 aromatic heterocycles. The molecule has 1 aliphatic rings. The molecule has 1 atom stereocenters. The summed E-state index contributed by atoms with van der Waals surface area (Å²) in [6.07, 6.45) is 0.314. The van der Waals surface area contributed by atoms with Gasteiger partial charge in [-0.25, -0.2) is 0 Å². The first-order valence-electron chi connectivity index (χ1n) is 5.17. The number of phenolic OH excluding ortho intramolecular Hbond substituents is 1. The highest BCUT2D eigenvalue weighted by Gasteiger charge is 2.23. The molecular weight excluding hydrogens is 208 g/mol. The van der Waals surface area contributed by atoms with Crippen LogP contribution in [-0.4, -0.2) is 24.8 Å². The van der Waals surface area contributed by atoms with Gasteiger partial charge in [-0.3, -0.25) is 4.79 Å². The lowest BCUT2D eigenvalue weighted by Crippen LogP contribution is -2.20. The smallest absolute Gasteiger partial charge is 0.306 e. The van der Waals surface area contributed by atoms with Crippen molar-refractivity contribution in [3.63, 3.8) is 0 Å². The molecule has 0 spiro atoms. The second-order valence-corrected chi connectivity index (χ2v) is 3.88. The Kier molecular flexibility index (Phi) is 3.10. The van der Waals surface area contributed by atoms with E-state index in [4.69, 9.17) is 4.74 Å². The Morgan fingerprint density at radius 3 is 3.19 bits per heavy atom. The van der Waals surface area contributed by atoms with E-state index >= 15 is 0 Å². The second kappa shape index (κ2) is 4.53. The number of carbonyl (C=O) groups is 1. The third-order valence-electron chi connectivity index (χ3n) is 2.78. The summed E-state index contributed by atoms with van der Waals surface area (Å²) in [5, 5.41) is 9.36. The van der Waals surface area contributed by atoms with Crippen LogP contribution in [0.2, 0.25) is 0 Å². The molecule has 0 saturated carbocycles. The maximum atomic E-state index is 11.2. The Labute approximate surface area is 93.8 Å². The third kappa shape index (κ3) is 2.17. The Hall–Kier alpha value is -1.55. The van der Waals surface area contributed by atoms with Gasteiger partial charge in [0.1, 0.15) is 5.75 Å². The molecule has 4 heteroatoms. The van der Waals surface area contributed by atoms with Crippen molar-refractivity contribution >= 4 is 5.97 Å². The number of hydrogen-bond donors (Lipinski definition) is 1. The first kappa shape index (κ1) is 11.0.